The van der Waals surface area contributed by atoms with E-state index in [1.807, 2.05) is 6.92 Å². The Hall–Kier alpha value is -1.33. The van der Waals surface area contributed by atoms with Crippen LogP contribution < -0.4 is 5.73 Å². The molecule has 2 nitrogen and oxygen atoms in total. The number of halogens is 2. The second kappa shape index (κ2) is 4.27. The van der Waals surface area contributed by atoms with Crippen molar-refractivity contribution in [2.45, 2.75) is 13.0 Å². The average molecular weight is 240 g/mol. The first kappa shape index (κ1) is 11.2. The van der Waals surface area contributed by atoms with E-state index in [0.717, 1.165) is 16.6 Å². The van der Waals surface area contributed by atoms with Gasteiger partial charge in [0.25, 0.3) is 0 Å². The molecule has 0 aliphatic heterocycles. The van der Waals surface area contributed by atoms with Crippen LogP contribution >= 0.6 is 11.3 Å². The summed E-state index contributed by atoms with van der Waals surface area (Å²) < 4.78 is 26.0. The van der Waals surface area contributed by atoms with Crippen LogP contribution in [0.5, 0.6) is 0 Å². The van der Waals surface area contributed by atoms with Gasteiger partial charge in [0.15, 0.2) is 0 Å². The molecule has 1 aromatic heterocycles. The van der Waals surface area contributed by atoms with Gasteiger partial charge in [-0.25, -0.2) is 13.8 Å². The summed E-state index contributed by atoms with van der Waals surface area (Å²) in [6.07, 6.45) is 0. The number of hydrogen-bond acceptors (Lipinski definition) is 3. The van der Waals surface area contributed by atoms with Crippen LogP contribution in [-0.4, -0.2) is 4.98 Å². The van der Waals surface area contributed by atoms with Crippen LogP contribution in [0.2, 0.25) is 0 Å². The smallest absolute Gasteiger partial charge is 0.126 e. The molecule has 1 aromatic carbocycles. The summed E-state index contributed by atoms with van der Waals surface area (Å²) in [6, 6.07) is 2.79. The number of aryl methyl sites for hydroxylation is 1. The molecule has 0 amide bonds. The lowest BCUT2D eigenvalue weighted by molar-refractivity contribution is 0.577. The lowest BCUT2D eigenvalue weighted by Gasteiger charge is -2.11. The van der Waals surface area contributed by atoms with Crippen molar-refractivity contribution >= 4 is 11.3 Å². The molecule has 0 fully saturated rings. The van der Waals surface area contributed by atoms with Gasteiger partial charge in [-0.15, -0.1) is 11.3 Å². The molecule has 1 unspecified atom stereocenters. The summed E-state index contributed by atoms with van der Waals surface area (Å²) in [7, 11) is 0. The van der Waals surface area contributed by atoms with E-state index in [1.165, 1.54) is 23.5 Å². The van der Waals surface area contributed by atoms with Crippen LogP contribution in [0.4, 0.5) is 8.78 Å². The molecule has 0 spiro atoms. The van der Waals surface area contributed by atoms with E-state index in [0.29, 0.717) is 5.56 Å². The van der Waals surface area contributed by atoms with Crippen LogP contribution in [0.3, 0.4) is 0 Å². The number of aromatic nitrogens is 1. The number of benzene rings is 1. The Labute approximate surface area is 95.7 Å². The third kappa shape index (κ3) is 2.10. The molecule has 0 aliphatic carbocycles. The van der Waals surface area contributed by atoms with Gasteiger partial charge in [0, 0.05) is 10.9 Å². The standard InChI is InChI=1S/C11H10F2N2S/c1-6-11(16-5-15-6)10(14)7-2-8(12)4-9(13)3-7/h2-5,10H,14H2,1H3. The normalized spacial score (nSPS) is 12.8. The van der Waals surface area contributed by atoms with Crippen molar-refractivity contribution in [1.29, 1.82) is 0 Å². The Kier molecular flexibility index (Phi) is 2.98. The lowest BCUT2D eigenvalue weighted by Crippen LogP contribution is -2.12. The first-order valence-electron chi connectivity index (χ1n) is 4.69. The van der Waals surface area contributed by atoms with E-state index < -0.39 is 17.7 Å². The highest BCUT2D eigenvalue weighted by Gasteiger charge is 2.15. The van der Waals surface area contributed by atoms with E-state index in [9.17, 15) is 8.78 Å². The predicted octanol–water partition coefficient (Wildman–Crippen LogP) is 2.78. The van der Waals surface area contributed by atoms with Crippen LogP contribution in [0, 0.1) is 18.6 Å². The summed E-state index contributed by atoms with van der Waals surface area (Å²) in [6.45, 7) is 1.82. The topological polar surface area (TPSA) is 38.9 Å². The van der Waals surface area contributed by atoms with Crippen molar-refractivity contribution in [3.63, 3.8) is 0 Å². The van der Waals surface area contributed by atoms with Crippen molar-refractivity contribution in [2.75, 3.05) is 0 Å². The Balaban J connectivity index is 2.41. The molecule has 0 aliphatic rings. The van der Waals surface area contributed by atoms with Crippen molar-refractivity contribution in [1.82, 2.24) is 4.98 Å². The molecule has 16 heavy (non-hydrogen) atoms. The van der Waals surface area contributed by atoms with Crippen LogP contribution in [0.1, 0.15) is 22.2 Å². The molecule has 0 saturated heterocycles. The molecular formula is C11H10F2N2S. The quantitative estimate of drug-likeness (QED) is 0.876. The van der Waals surface area contributed by atoms with E-state index in [4.69, 9.17) is 5.73 Å². The third-order valence-corrected chi connectivity index (χ3v) is 3.32. The molecule has 5 heteroatoms. The molecule has 1 atom stereocenters. The Morgan fingerprint density at radius 2 is 1.88 bits per heavy atom. The Bertz CT molecular complexity index is 490. The number of nitrogens with two attached hydrogens (primary N) is 1. The first-order chi connectivity index (χ1) is 7.58. The number of rotatable bonds is 2. The molecule has 84 valence electrons. The fraction of sp³-hybridized carbons (Fsp3) is 0.182. The maximum Gasteiger partial charge on any atom is 0.126 e. The van der Waals surface area contributed by atoms with Crippen molar-refractivity contribution in [3.8, 4) is 0 Å². The molecule has 0 radical (unpaired) electrons. The van der Waals surface area contributed by atoms with Gasteiger partial charge < -0.3 is 5.73 Å². The molecule has 2 aromatic rings. The maximum absolute atomic E-state index is 13.0. The van der Waals surface area contributed by atoms with Gasteiger partial charge in [0.1, 0.15) is 11.6 Å². The monoisotopic (exact) mass is 240 g/mol. The largest absolute Gasteiger partial charge is 0.320 e. The summed E-state index contributed by atoms with van der Waals surface area (Å²) in [5.41, 5.74) is 8.82. The minimum atomic E-state index is -0.618. The van der Waals surface area contributed by atoms with Gasteiger partial charge in [-0.05, 0) is 24.6 Å². The van der Waals surface area contributed by atoms with Crippen molar-refractivity contribution < 1.29 is 8.78 Å². The fourth-order valence-corrected chi connectivity index (χ4v) is 2.35. The van der Waals surface area contributed by atoms with Crippen molar-refractivity contribution in [2.24, 2.45) is 5.73 Å². The van der Waals surface area contributed by atoms with Gasteiger partial charge in [-0.1, -0.05) is 0 Å². The number of hydrogen-bond donors (Lipinski definition) is 1. The molecule has 0 bridgehead atoms. The van der Waals surface area contributed by atoms with E-state index in [-0.39, 0.29) is 0 Å². The van der Waals surface area contributed by atoms with Gasteiger partial charge in [-0.3, -0.25) is 0 Å². The predicted molar refractivity (Wildman–Crippen MR) is 59.2 cm³/mol. The summed E-state index contributed by atoms with van der Waals surface area (Å²) in [5, 5.41) is 0. The van der Waals surface area contributed by atoms with Gasteiger partial charge in [0.05, 0.1) is 17.2 Å². The minimum Gasteiger partial charge on any atom is -0.320 e. The summed E-state index contributed by atoms with van der Waals surface area (Å²) in [5.74, 6) is -1.24. The summed E-state index contributed by atoms with van der Waals surface area (Å²) in [4.78, 5) is 4.88. The molecule has 2 rings (SSSR count). The Morgan fingerprint density at radius 3 is 2.38 bits per heavy atom. The van der Waals surface area contributed by atoms with Gasteiger partial charge >= 0.3 is 0 Å². The molecule has 0 saturated carbocycles. The zero-order valence-electron chi connectivity index (χ0n) is 8.58. The first-order valence-corrected chi connectivity index (χ1v) is 5.57. The second-order valence-corrected chi connectivity index (χ2v) is 4.37. The minimum absolute atomic E-state index is 0.421. The van der Waals surface area contributed by atoms with Crippen LogP contribution in [-0.2, 0) is 0 Å². The van der Waals surface area contributed by atoms with Gasteiger partial charge in [0.2, 0.25) is 0 Å². The van der Waals surface area contributed by atoms with E-state index in [1.54, 1.807) is 5.51 Å². The van der Waals surface area contributed by atoms with E-state index >= 15 is 0 Å². The van der Waals surface area contributed by atoms with Crippen LogP contribution in [0.25, 0.3) is 0 Å². The summed E-state index contributed by atoms with van der Waals surface area (Å²) >= 11 is 1.38. The molecule has 1 heterocycles. The highest BCUT2D eigenvalue weighted by atomic mass is 32.1. The zero-order chi connectivity index (χ0) is 11.7. The lowest BCUT2D eigenvalue weighted by atomic mass is 10.1. The van der Waals surface area contributed by atoms with Gasteiger partial charge in [-0.2, -0.15) is 0 Å². The number of thiazole rings is 1. The maximum atomic E-state index is 13.0. The average Bonchev–Trinajstić information content (AvgIpc) is 2.62. The zero-order valence-corrected chi connectivity index (χ0v) is 9.39. The van der Waals surface area contributed by atoms with Crippen molar-refractivity contribution in [3.05, 3.63) is 51.5 Å². The molecule has 2 N–H and O–H groups in total. The second-order valence-electron chi connectivity index (χ2n) is 3.48. The van der Waals surface area contributed by atoms with E-state index in [2.05, 4.69) is 4.98 Å². The highest BCUT2D eigenvalue weighted by Crippen LogP contribution is 2.26. The number of nitrogens with zero attached hydrogens (tertiary/aromatic N) is 1. The highest BCUT2D eigenvalue weighted by molar-refractivity contribution is 7.09. The SMILES string of the molecule is Cc1ncsc1C(N)c1cc(F)cc(F)c1. The fourth-order valence-electron chi connectivity index (χ4n) is 1.52. The van der Waals surface area contributed by atoms with Crippen LogP contribution in [0.15, 0.2) is 23.7 Å². The Morgan fingerprint density at radius 1 is 1.25 bits per heavy atom. The third-order valence-electron chi connectivity index (χ3n) is 2.31. The molecular weight excluding hydrogens is 230 g/mol.